The van der Waals surface area contributed by atoms with Crippen LogP contribution in [0.25, 0.3) is 0 Å². The lowest BCUT2D eigenvalue weighted by Crippen LogP contribution is -2.46. The number of amides is 3. The summed E-state index contributed by atoms with van der Waals surface area (Å²) in [6.45, 7) is 6.04. The molecule has 0 atom stereocenters. The predicted octanol–water partition coefficient (Wildman–Crippen LogP) is 2.18. The molecule has 0 aliphatic heterocycles. The van der Waals surface area contributed by atoms with Crippen molar-refractivity contribution in [1.82, 2.24) is 16.2 Å². The Balaban J connectivity index is 1.80. The fraction of sp³-hybridized carbons (Fsp3) is 0.250. The fourth-order valence-corrected chi connectivity index (χ4v) is 2.22. The van der Waals surface area contributed by atoms with Gasteiger partial charge in [0.1, 0.15) is 0 Å². The summed E-state index contributed by atoms with van der Waals surface area (Å²) in [6.07, 6.45) is 0. The van der Waals surface area contributed by atoms with Gasteiger partial charge >= 0.3 is 0 Å². The molecule has 3 N–H and O–H groups in total. The van der Waals surface area contributed by atoms with Crippen molar-refractivity contribution >= 4 is 17.7 Å². The molecular formula is C20H23N3O3. The molecule has 0 bridgehead atoms. The molecule has 0 saturated heterocycles. The van der Waals surface area contributed by atoms with E-state index in [0.717, 1.165) is 5.56 Å². The zero-order valence-electron chi connectivity index (χ0n) is 15.1. The molecule has 0 fully saturated rings. The minimum atomic E-state index is -0.519. The van der Waals surface area contributed by atoms with Gasteiger partial charge in [0.05, 0.1) is 6.54 Å². The van der Waals surface area contributed by atoms with Crippen LogP contribution in [-0.4, -0.2) is 24.3 Å². The van der Waals surface area contributed by atoms with E-state index in [2.05, 4.69) is 36.9 Å². The van der Waals surface area contributed by atoms with Gasteiger partial charge in [-0.3, -0.25) is 25.2 Å². The molecule has 0 spiro atoms. The zero-order valence-corrected chi connectivity index (χ0v) is 15.1. The summed E-state index contributed by atoms with van der Waals surface area (Å²) >= 11 is 0. The molecule has 2 aromatic carbocycles. The summed E-state index contributed by atoms with van der Waals surface area (Å²) in [6, 6.07) is 15.7. The minimum absolute atomic E-state index is 0.00581. The summed E-state index contributed by atoms with van der Waals surface area (Å²) in [4.78, 5) is 35.7. The Bertz CT molecular complexity index is 778. The van der Waals surface area contributed by atoms with Crippen LogP contribution in [-0.2, 0) is 10.2 Å². The SMILES string of the molecule is CC(C)(C)c1ccc(C(=O)NCC(=O)NNC(=O)c2ccccc2)cc1. The third-order valence-electron chi connectivity index (χ3n) is 3.77. The first-order valence-electron chi connectivity index (χ1n) is 8.30. The average molecular weight is 353 g/mol. The zero-order chi connectivity index (χ0) is 19.2. The summed E-state index contributed by atoms with van der Waals surface area (Å²) in [5.74, 6) is -1.30. The van der Waals surface area contributed by atoms with Gasteiger partial charge in [0.25, 0.3) is 17.7 Å². The van der Waals surface area contributed by atoms with Crippen LogP contribution in [0.1, 0.15) is 47.1 Å². The maximum atomic E-state index is 12.1. The van der Waals surface area contributed by atoms with Crippen LogP contribution in [0.4, 0.5) is 0 Å². The average Bonchev–Trinajstić information content (AvgIpc) is 2.64. The van der Waals surface area contributed by atoms with Gasteiger partial charge in [0.15, 0.2) is 0 Å². The van der Waals surface area contributed by atoms with Gasteiger partial charge in [0, 0.05) is 11.1 Å². The number of hydrogen-bond donors (Lipinski definition) is 3. The first-order valence-corrected chi connectivity index (χ1v) is 8.30. The van der Waals surface area contributed by atoms with E-state index in [4.69, 9.17) is 0 Å². The van der Waals surface area contributed by atoms with Crippen LogP contribution < -0.4 is 16.2 Å². The number of carbonyl (C=O) groups excluding carboxylic acids is 3. The molecule has 3 amide bonds. The Hall–Kier alpha value is -3.15. The standard InChI is InChI=1S/C20H23N3O3/c1-20(2,3)16-11-9-15(10-12-16)18(25)21-13-17(24)22-23-19(26)14-7-5-4-6-8-14/h4-12H,13H2,1-3H3,(H,21,25)(H,22,24)(H,23,26). The third-order valence-corrected chi connectivity index (χ3v) is 3.77. The second-order valence-corrected chi connectivity index (χ2v) is 6.88. The highest BCUT2D eigenvalue weighted by Gasteiger charge is 2.14. The number of carbonyl (C=O) groups is 3. The van der Waals surface area contributed by atoms with Crippen molar-refractivity contribution in [2.45, 2.75) is 26.2 Å². The molecule has 0 aromatic heterocycles. The van der Waals surface area contributed by atoms with Crippen molar-refractivity contribution in [2.24, 2.45) is 0 Å². The van der Waals surface area contributed by atoms with Crippen molar-refractivity contribution in [3.8, 4) is 0 Å². The molecular weight excluding hydrogens is 330 g/mol. The fourth-order valence-electron chi connectivity index (χ4n) is 2.22. The first kappa shape index (κ1) is 19.2. The monoisotopic (exact) mass is 353 g/mol. The number of nitrogens with one attached hydrogen (secondary N) is 3. The molecule has 6 heteroatoms. The van der Waals surface area contributed by atoms with E-state index in [0.29, 0.717) is 11.1 Å². The van der Waals surface area contributed by atoms with Crippen LogP contribution in [0, 0.1) is 0 Å². The second kappa shape index (κ2) is 8.29. The highest BCUT2D eigenvalue weighted by molar-refractivity contribution is 5.98. The highest BCUT2D eigenvalue weighted by Crippen LogP contribution is 2.22. The Kier molecular flexibility index (Phi) is 6.11. The molecule has 136 valence electrons. The van der Waals surface area contributed by atoms with E-state index in [-0.39, 0.29) is 17.9 Å². The van der Waals surface area contributed by atoms with E-state index in [9.17, 15) is 14.4 Å². The largest absolute Gasteiger partial charge is 0.343 e. The molecule has 2 rings (SSSR count). The van der Waals surface area contributed by atoms with Gasteiger partial charge in [-0.15, -0.1) is 0 Å². The van der Waals surface area contributed by atoms with Crippen molar-refractivity contribution in [3.05, 3.63) is 71.3 Å². The summed E-state index contributed by atoms with van der Waals surface area (Å²) in [5.41, 5.74) is 6.58. The van der Waals surface area contributed by atoms with E-state index < -0.39 is 11.8 Å². The lowest BCUT2D eigenvalue weighted by molar-refractivity contribution is -0.120. The quantitative estimate of drug-likeness (QED) is 0.736. The summed E-state index contributed by atoms with van der Waals surface area (Å²) < 4.78 is 0. The number of hydrazine groups is 1. The van der Waals surface area contributed by atoms with Gasteiger partial charge in [-0.2, -0.15) is 0 Å². The molecule has 0 saturated carbocycles. The van der Waals surface area contributed by atoms with Crippen LogP contribution >= 0.6 is 0 Å². The Morgan fingerprint density at radius 3 is 1.92 bits per heavy atom. The Labute approximate surface area is 153 Å². The van der Waals surface area contributed by atoms with Crippen LogP contribution in [0.15, 0.2) is 54.6 Å². The van der Waals surface area contributed by atoms with E-state index in [1.165, 1.54) is 0 Å². The highest BCUT2D eigenvalue weighted by atomic mass is 16.2. The lowest BCUT2D eigenvalue weighted by Gasteiger charge is -2.19. The molecule has 26 heavy (non-hydrogen) atoms. The van der Waals surface area contributed by atoms with E-state index >= 15 is 0 Å². The van der Waals surface area contributed by atoms with E-state index in [1.807, 2.05) is 12.1 Å². The first-order chi connectivity index (χ1) is 12.3. The van der Waals surface area contributed by atoms with Gasteiger partial charge in [0.2, 0.25) is 0 Å². The van der Waals surface area contributed by atoms with E-state index in [1.54, 1.807) is 42.5 Å². The predicted molar refractivity (Wildman–Crippen MR) is 99.5 cm³/mol. The van der Waals surface area contributed by atoms with Crippen LogP contribution in [0.5, 0.6) is 0 Å². The molecule has 2 aromatic rings. The van der Waals surface area contributed by atoms with Crippen molar-refractivity contribution in [2.75, 3.05) is 6.54 Å². The Morgan fingerprint density at radius 2 is 1.35 bits per heavy atom. The maximum Gasteiger partial charge on any atom is 0.269 e. The molecule has 0 aliphatic carbocycles. The number of hydrogen-bond acceptors (Lipinski definition) is 3. The minimum Gasteiger partial charge on any atom is -0.343 e. The number of rotatable bonds is 4. The maximum absolute atomic E-state index is 12.1. The van der Waals surface area contributed by atoms with Gasteiger partial charge in [-0.05, 0) is 35.2 Å². The van der Waals surface area contributed by atoms with Crippen LogP contribution in [0.2, 0.25) is 0 Å². The van der Waals surface area contributed by atoms with Gasteiger partial charge in [-0.1, -0.05) is 51.1 Å². The smallest absolute Gasteiger partial charge is 0.269 e. The molecule has 0 heterocycles. The van der Waals surface area contributed by atoms with Crippen molar-refractivity contribution < 1.29 is 14.4 Å². The van der Waals surface area contributed by atoms with Gasteiger partial charge < -0.3 is 5.32 Å². The second-order valence-electron chi connectivity index (χ2n) is 6.88. The van der Waals surface area contributed by atoms with Crippen molar-refractivity contribution in [1.29, 1.82) is 0 Å². The van der Waals surface area contributed by atoms with Crippen molar-refractivity contribution in [3.63, 3.8) is 0 Å². The summed E-state index contributed by atoms with van der Waals surface area (Å²) in [5, 5.41) is 2.52. The third kappa shape index (κ3) is 5.44. The lowest BCUT2D eigenvalue weighted by atomic mass is 9.87. The summed E-state index contributed by atoms with van der Waals surface area (Å²) in [7, 11) is 0. The normalized spacial score (nSPS) is 10.7. The number of benzene rings is 2. The topological polar surface area (TPSA) is 87.3 Å². The molecule has 6 nitrogen and oxygen atoms in total. The van der Waals surface area contributed by atoms with Crippen LogP contribution in [0.3, 0.4) is 0 Å². The molecule has 0 radical (unpaired) electrons. The molecule has 0 aliphatic rings. The Morgan fingerprint density at radius 1 is 0.769 bits per heavy atom. The molecule has 0 unspecified atom stereocenters. The van der Waals surface area contributed by atoms with Gasteiger partial charge in [-0.25, -0.2) is 0 Å².